The molecular weight excluding hydrogens is 436 g/mol. The molecule has 0 N–H and O–H groups in total. The molecular formula is C31H48O4. The fourth-order valence-corrected chi connectivity index (χ4v) is 4.16. The largest absolute Gasteiger partial charge is 0.492 e. The molecule has 0 radical (unpaired) electrons. The minimum atomic E-state index is 0.562. The highest BCUT2D eigenvalue weighted by molar-refractivity contribution is 5.67. The number of allylic oxidation sites excluding steroid dienone is 8. The molecule has 0 spiro atoms. The molecule has 0 aliphatic carbocycles. The van der Waals surface area contributed by atoms with E-state index in [1.807, 2.05) is 6.92 Å². The minimum absolute atomic E-state index is 0.562. The summed E-state index contributed by atoms with van der Waals surface area (Å²) < 4.78 is 22.5. The standard InChI is InChI=1S/C31H48O4/c1-22(2)14-11-15-23(3)16-12-17-24(4)18-13-19-25(5)20-21-27-26(6)28(32-7)30(34-9)31(35-10)29(27)33-8/h14,16,18,20H,11-13,15,17,19,21H2,1-10H3/b23-16+,24-18+,25-20+. The summed E-state index contributed by atoms with van der Waals surface area (Å²) in [7, 11) is 6.55. The molecule has 0 saturated heterocycles. The average Bonchev–Trinajstić information content (AvgIpc) is 2.81. The summed E-state index contributed by atoms with van der Waals surface area (Å²) in [5.74, 6) is 2.52. The van der Waals surface area contributed by atoms with Gasteiger partial charge in [-0.2, -0.15) is 0 Å². The molecule has 196 valence electrons. The van der Waals surface area contributed by atoms with Crippen LogP contribution in [-0.4, -0.2) is 28.4 Å². The third-order valence-corrected chi connectivity index (χ3v) is 6.31. The summed E-state index contributed by atoms with van der Waals surface area (Å²) in [6.45, 7) is 13.0. The zero-order valence-electron chi connectivity index (χ0n) is 23.9. The van der Waals surface area contributed by atoms with Gasteiger partial charge >= 0.3 is 0 Å². The van der Waals surface area contributed by atoms with E-state index in [4.69, 9.17) is 18.9 Å². The molecule has 0 bridgehead atoms. The summed E-state index contributed by atoms with van der Waals surface area (Å²) in [4.78, 5) is 0. The second-order valence-corrected chi connectivity index (χ2v) is 9.49. The van der Waals surface area contributed by atoms with E-state index in [9.17, 15) is 0 Å². The van der Waals surface area contributed by atoms with Crippen LogP contribution >= 0.6 is 0 Å². The normalized spacial score (nSPS) is 12.5. The maximum atomic E-state index is 5.71. The Kier molecular flexibility index (Phi) is 14.0. The maximum absolute atomic E-state index is 5.71. The van der Waals surface area contributed by atoms with E-state index in [0.29, 0.717) is 23.0 Å². The Hall–Kier alpha value is -2.62. The van der Waals surface area contributed by atoms with Crippen LogP contribution in [0.5, 0.6) is 23.0 Å². The van der Waals surface area contributed by atoms with Crippen LogP contribution in [0.15, 0.2) is 46.6 Å². The van der Waals surface area contributed by atoms with Crippen molar-refractivity contribution >= 4 is 0 Å². The molecule has 0 heterocycles. The molecule has 0 atom stereocenters. The van der Waals surface area contributed by atoms with E-state index in [0.717, 1.165) is 56.1 Å². The SMILES string of the molecule is COc1c(C)c(C/C=C(\C)CC/C=C(\C)CC/C=C(\C)CCC=C(C)C)c(OC)c(OC)c1OC. The third-order valence-electron chi connectivity index (χ3n) is 6.31. The Morgan fingerprint density at radius 1 is 0.543 bits per heavy atom. The van der Waals surface area contributed by atoms with Crippen LogP contribution in [-0.2, 0) is 6.42 Å². The molecule has 0 aliphatic rings. The van der Waals surface area contributed by atoms with Crippen molar-refractivity contribution in [1.82, 2.24) is 0 Å². The average molecular weight is 485 g/mol. The van der Waals surface area contributed by atoms with Crippen LogP contribution in [0, 0.1) is 6.92 Å². The lowest BCUT2D eigenvalue weighted by Gasteiger charge is -2.21. The van der Waals surface area contributed by atoms with Gasteiger partial charge in [0.1, 0.15) is 0 Å². The molecule has 4 nitrogen and oxygen atoms in total. The van der Waals surface area contributed by atoms with Gasteiger partial charge in [0.05, 0.1) is 28.4 Å². The van der Waals surface area contributed by atoms with Gasteiger partial charge < -0.3 is 18.9 Å². The van der Waals surface area contributed by atoms with Gasteiger partial charge in [-0.25, -0.2) is 0 Å². The molecule has 1 aromatic carbocycles. The molecule has 0 amide bonds. The second kappa shape index (κ2) is 16.1. The van der Waals surface area contributed by atoms with Crippen molar-refractivity contribution in [2.75, 3.05) is 28.4 Å². The highest BCUT2D eigenvalue weighted by atomic mass is 16.5. The first-order chi connectivity index (χ1) is 16.7. The van der Waals surface area contributed by atoms with Gasteiger partial charge in [-0.3, -0.25) is 0 Å². The van der Waals surface area contributed by atoms with E-state index in [1.54, 1.807) is 28.4 Å². The number of ether oxygens (including phenoxy) is 4. The van der Waals surface area contributed by atoms with Gasteiger partial charge in [0.25, 0.3) is 0 Å². The van der Waals surface area contributed by atoms with Crippen LogP contribution in [0.1, 0.15) is 84.3 Å². The molecule has 0 unspecified atom stereocenters. The van der Waals surface area contributed by atoms with Crippen LogP contribution in [0.4, 0.5) is 0 Å². The molecule has 0 saturated carbocycles. The number of hydrogen-bond acceptors (Lipinski definition) is 4. The lowest BCUT2D eigenvalue weighted by Crippen LogP contribution is -2.04. The van der Waals surface area contributed by atoms with Gasteiger partial charge in [0.15, 0.2) is 11.5 Å². The van der Waals surface area contributed by atoms with Crippen molar-refractivity contribution in [3.05, 3.63) is 57.7 Å². The molecule has 0 aliphatic heterocycles. The topological polar surface area (TPSA) is 36.9 Å². The molecule has 4 heteroatoms. The molecule has 0 fully saturated rings. The minimum Gasteiger partial charge on any atom is -0.492 e. The first kappa shape index (κ1) is 30.4. The van der Waals surface area contributed by atoms with Crippen molar-refractivity contribution < 1.29 is 18.9 Å². The predicted octanol–water partition coefficient (Wildman–Crippen LogP) is 8.72. The first-order valence-corrected chi connectivity index (χ1v) is 12.7. The predicted molar refractivity (Wildman–Crippen MR) is 149 cm³/mol. The van der Waals surface area contributed by atoms with E-state index >= 15 is 0 Å². The van der Waals surface area contributed by atoms with Crippen LogP contribution in [0.3, 0.4) is 0 Å². The first-order valence-electron chi connectivity index (χ1n) is 12.7. The zero-order valence-corrected chi connectivity index (χ0v) is 23.9. The van der Waals surface area contributed by atoms with Gasteiger partial charge in [-0.05, 0) is 86.5 Å². The Balaban J connectivity index is 2.74. The van der Waals surface area contributed by atoms with E-state index in [1.165, 1.54) is 22.3 Å². The molecule has 1 aromatic rings. The Labute approximate surface area is 214 Å². The number of hydrogen-bond donors (Lipinski definition) is 0. The Morgan fingerprint density at radius 2 is 0.943 bits per heavy atom. The summed E-state index contributed by atoms with van der Waals surface area (Å²) >= 11 is 0. The second-order valence-electron chi connectivity index (χ2n) is 9.49. The third kappa shape index (κ3) is 9.87. The highest BCUT2D eigenvalue weighted by Crippen LogP contribution is 2.49. The number of methoxy groups -OCH3 is 4. The molecule has 1 rings (SSSR count). The van der Waals surface area contributed by atoms with Crippen molar-refractivity contribution in [3.8, 4) is 23.0 Å². The van der Waals surface area contributed by atoms with Crippen molar-refractivity contribution in [2.24, 2.45) is 0 Å². The van der Waals surface area contributed by atoms with Crippen LogP contribution < -0.4 is 18.9 Å². The van der Waals surface area contributed by atoms with Gasteiger partial charge in [0.2, 0.25) is 11.5 Å². The van der Waals surface area contributed by atoms with E-state index in [-0.39, 0.29) is 0 Å². The summed E-state index contributed by atoms with van der Waals surface area (Å²) in [6.07, 6.45) is 16.8. The van der Waals surface area contributed by atoms with Gasteiger partial charge in [-0.15, -0.1) is 0 Å². The monoisotopic (exact) mass is 484 g/mol. The quantitative estimate of drug-likeness (QED) is 0.233. The van der Waals surface area contributed by atoms with E-state index < -0.39 is 0 Å². The van der Waals surface area contributed by atoms with Crippen molar-refractivity contribution in [3.63, 3.8) is 0 Å². The Morgan fingerprint density at radius 3 is 1.37 bits per heavy atom. The summed E-state index contributed by atoms with van der Waals surface area (Å²) in [6, 6.07) is 0. The van der Waals surface area contributed by atoms with Crippen LogP contribution in [0.25, 0.3) is 0 Å². The molecule has 35 heavy (non-hydrogen) atoms. The maximum Gasteiger partial charge on any atom is 0.207 e. The zero-order chi connectivity index (χ0) is 26.4. The fraction of sp³-hybridized carbons (Fsp3) is 0.548. The fourth-order valence-electron chi connectivity index (χ4n) is 4.16. The summed E-state index contributed by atoms with van der Waals surface area (Å²) in [5.41, 5.74) is 7.78. The van der Waals surface area contributed by atoms with E-state index in [2.05, 4.69) is 58.9 Å². The van der Waals surface area contributed by atoms with Gasteiger partial charge in [-0.1, -0.05) is 46.6 Å². The number of rotatable bonds is 15. The van der Waals surface area contributed by atoms with Crippen molar-refractivity contribution in [1.29, 1.82) is 0 Å². The Bertz CT molecular complexity index is 928. The highest BCUT2D eigenvalue weighted by Gasteiger charge is 2.24. The molecule has 0 aromatic heterocycles. The number of benzene rings is 1. The van der Waals surface area contributed by atoms with Crippen molar-refractivity contribution in [2.45, 2.75) is 86.5 Å². The lowest BCUT2D eigenvalue weighted by molar-refractivity contribution is 0.302. The lowest BCUT2D eigenvalue weighted by atomic mass is 9.99. The smallest absolute Gasteiger partial charge is 0.207 e. The van der Waals surface area contributed by atoms with Crippen LogP contribution in [0.2, 0.25) is 0 Å². The summed E-state index contributed by atoms with van der Waals surface area (Å²) in [5, 5.41) is 0. The van der Waals surface area contributed by atoms with Gasteiger partial charge in [0, 0.05) is 11.1 Å².